The smallest absolute Gasteiger partial charge is 0.438 e. The van der Waals surface area contributed by atoms with Gasteiger partial charge >= 0.3 is 6.18 Å². The van der Waals surface area contributed by atoms with Crippen molar-refractivity contribution in [3.63, 3.8) is 0 Å². The van der Waals surface area contributed by atoms with Crippen LogP contribution < -0.4 is 4.74 Å². The van der Waals surface area contributed by atoms with Gasteiger partial charge in [0.1, 0.15) is 11.6 Å². The van der Waals surface area contributed by atoms with E-state index < -0.39 is 36.7 Å². The first kappa shape index (κ1) is 21.8. The Labute approximate surface area is 170 Å². The number of rotatable bonds is 4. The summed E-state index contributed by atoms with van der Waals surface area (Å²) in [6.45, 7) is 4.65. The molecule has 3 rings (SSSR count). The molecule has 1 atom stereocenters. The summed E-state index contributed by atoms with van der Waals surface area (Å²) >= 11 is 0. The van der Waals surface area contributed by atoms with Gasteiger partial charge in [-0.2, -0.15) is 23.3 Å². The molecule has 160 valence electrons. The number of aryl methyl sites for hydroxylation is 3. The SMILES string of the molecule is Cc1cc(C)c(OCC(=O)N2N=C(c3ccc(F)cc3)C[C@@]2(O)C(F)(F)F)c(C)c1. The predicted octanol–water partition coefficient (Wildman–Crippen LogP) is 4.02. The van der Waals surface area contributed by atoms with Gasteiger partial charge in [0.15, 0.2) is 6.61 Å². The summed E-state index contributed by atoms with van der Waals surface area (Å²) in [5.74, 6) is -1.36. The highest BCUT2D eigenvalue weighted by molar-refractivity contribution is 6.03. The number of ether oxygens (including phenoxy) is 1. The van der Waals surface area contributed by atoms with Crippen LogP contribution in [0.2, 0.25) is 0 Å². The number of amides is 1. The minimum Gasteiger partial charge on any atom is -0.483 e. The van der Waals surface area contributed by atoms with Gasteiger partial charge in [-0.05, 0) is 49.6 Å². The van der Waals surface area contributed by atoms with Gasteiger partial charge in [-0.1, -0.05) is 29.8 Å². The predicted molar refractivity (Wildman–Crippen MR) is 102 cm³/mol. The van der Waals surface area contributed by atoms with Crippen LogP contribution in [0.25, 0.3) is 0 Å². The van der Waals surface area contributed by atoms with Crippen molar-refractivity contribution in [1.29, 1.82) is 0 Å². The van der Waals surface area contributed by atoms with Crippen molar-refractivity contribution in [1.82, 2.24) is 5.01 Å². The summed E-state index contributed by atoms with van der Waals surface area (Å²) in [5.41, 5.74) is -1.12. The normalized spacial score (nSPS) is 19.1. The molecule has 0 aliphatic carbocycles. The third-order valence-electron chi connectivity index (χ3n) is 4.80. The van der Waals surface area contributed by atoms with Gasteiger partial charge in [0, 0.05) is 0 Å². The number of hydrogen-bond acceptors (Lipinski definition) is 4. The molecule has 9 heteroatoms. The molecule has 0 spiro atoms. The second-order valence-electron chi connectivity index (χ2n) is 7.27. The van der Waals surface area contributed by atoms with Crippen LogP contribution in [0.4, 0.5) is 17.6 Å². The number of benzene rings is 2. The average molecular weight is 424 g/mol. The molecule has 0 radical (unpaired) electrons. The largest absolute Gasteiger partial charge is 0.483 e. The number of hydrogen-bond donors (Lipinski definition) is 1. The molecule has 1 aliphatic rings. The quantitative estimate of drug-likeness (QED) is 0.755. The number of hydrazone groups is 1. The maximum atomic E-state index is 13.6. The Hall–Kier alpha value is -2.94. The first-order chi connectivity index (χ1) is 13.9. The lowest BCUT2D eigenvalue weighted by molar-refractivity contribution is -0.302. The third-order valence-corrected chi connectivity index (χ3v) is 4.80. The van der Waals surface area contributed by atoms with E-state index >= 15 is 0 Å². The summed E-state index contributed by atoms with van der Waals surface area (Å²) in [6.07, 6.45) is -6.14. The number of aliphatic hydroxyl groups is 1. The van der Waals surface area contributed by atoms with Crippen LogP contribution in [0.3, 0.4) is 0 Å². The maximum absolute atomic E-state index is 13.6. The fourth-order valence-corrected chi connectivity index (χ4v) is 3.42. The van der Waals surface area contributed by atoms with E-state index in [9.17, 15) is 27.5 Å². The van der Waals surface area contributed by atoms with Crippen molar-refractivity contribution in [2.45, 2.75) is 39.1 Å². The molecule has 0 fully saturated rings. The molecular formula is C21H20F4N2O3. The number of nitrogens with zero attached hydrogens (tertiary/aromatic N) is 2. The van der Waals surface area contributed by atoms with E-state index in [2.05, 4.69) is 5.10 Å². The summed E-state index contributed by atoms with van der Waals surface area (Å²) in [6, 6.07) is 8.21. The Morgan fingerprint density at radius 3 is 2.27 bits per heavy atom. The van der Waals surface area contributed by atoms with E-state index in [4.69, 9.17) is 4.74 Å². The minimum atomic E-state index is -5.16. The van der Waals surface area contributed by atoms with Gasteiger partial charge in [-0.25, -0.2) is 4.39 Å². The molecule has 2 aromatic carbocycles. The average Bonchev–Trinajstić information content (AvgIpc) is 3.00. The van der Waals surface area contributed by atoms with Crippen LogP contribution in [-0.4, -0.2) is 40.2 Å². The van der Waals surface area contributed by atoms with Gasteiger partial charge in [0.2, 0.25) is 0 Å². The lowest BCUT2D eigenvalue weighted by Gasteiger charge is -2.32. The van der Waals surface area contributed by atoms with E-state index in [1.165, 1.54) is 12.1 Å². The van der Waals surface area contributed by atoms with E-state index in [1.54, 1.807) is 13.8 Å². The summed E-state index contributed by atoms with van der Waals surface area (Å²) in [7, 11) is 0. The molecular weight excluding hydrogens is 404 g/mol. The zero-order chi connectivity index (χ0) is 22.3. The fraction of sp³-hybridized carbons (Fsp3) is 0.333. The molecule has 1 heterocycles. The zero-order valence-electron chi connectivity index (χ0n) is 16.5. The van der Waals surface area contributed by atoms with Crippen molar-refractivity contribution in [2.24, 2.45) is 5.10 Å². The molecule has 0 saturated heterocycles. The molecule has 0 unspecified atom stereocenters. The molecule has 1 aliphatic heterocycles. The highest BCUT2D eigenvalue weighted by atomic mass is 19.4. The molecule has 30 heavy (non-hydrogen) atoms. The van der Waals surface area contributed by atoms with Gasteiger partial charge in [-0.15, -0.1) is 0 Å². The Bertz CT molecular complexity index is 979. The summed E-state index contributed by atoms with van der Waals surface area (Å²) in [4.78, 5) is 12.6. The van der Waals surface area contributed by atoms with E-state index in [1.807, 2.05) is 19.1 Å². The standard InChI is InChI=1S/C21H20F4N2O3/c1-12-8-13(2)19(14(3)9-12)30-11-18(28)27-20(29,21(23,24)25)10-17(26-27)15-4-6-16(22)7-5-15/h4-9,29H,10-11H2,1-3H3/t20-/m1/s1. The van der Waals surface area contributed by atoms with E-state index in [-0.39, 0.29) is 16.3 Å². The Morgan fingerprint density at radius 1 is 1.17 bits per heavy atom. The number of carbonyl (C=O) groups excluding carboxylic acids is 1. The summed E-state index contributed by atoms with van der Waals surface area (Å²) < 4.78 is 59.5. The van der Waals surface area contributed by atoms with E-state index in [0.29, 0.717) is 5.75 Å². The van der Waals surface area contributed by atoms with Crippen LogP contribution >= 0.6 is 0 Å². The van der Waals surface area contributed by atoms with Crippen LogP contribution in [-0.2, 0) is 4.79 Å². The first-order valence-corrected chi connectivity index (χ1v) is 9.08. The second-order valence-corrected chi connectivity index (χ2v) is 7.27. The highest BCUT2D eigenvalue weighted by Gasteiger charge is 2.63. The van der Waals surface area contributed by atoms with Crippen LogP contribution in [0, 0.1) is 26.6 Å². The van der Waals surface area contributed by atoms with Crippen molar-refractivity contribution in [2.75, 3.05) is 6.61 Å². The van der Waals surface area contributed by atoms with Crippen molar-refractivity contribution >= 4 is 11.6 Å². The van der Waals surface area contributed by atoms with Gasteiger partial charge in [0.25, 0.3) is 11.6 Å². The molecule has 1 N–H and O–H groups in total. The molecule has 0 bridgehead atoms. The van der Waals surface area contributed by atoms with Crippen molar-refractivity contribution in [3.05, 3.63) is 64.5 Å². The van der Waals surface area contributed by atoms with Crippen LogP contribution in [0.5, 0.6) is 5.75 Å². The van der Waals surface area contributed by atoms with Gasteiger partial charge < -0.3 is 9.84 Å². The molecule has 1 amide bonds. The molecule has 2 aromatic rings. The minimum absolute atomic E-state index is 0.00451. The van der Waals surface area contributed by atoms with Crippen molar-refractivity contribution < 1.29 is 32.2 Å². The number of alkyl halides is 3. The fourth-order valence-electron chi connectivity index (χ4n) is 3.42. The van der Waals surface area contributed by atoms with E-state index in [0.717, 1.165) is 28.8 Å². The first-order valence-electron chi connectivity index (χ1n) is 9.08. The third kappa shape index (κ3) is 4.02. The lowest BCUT2D eigenvalue weighted by atomic mass is 10.0. The highest BCUT2D eigenvalue weighted by Crippen LogP contribution is 2.41. The Kier molecular flexibility index (Phi) is 5.60. The Morgan fingerprint density at radius 2 is 1.73 bits per heavy atom. The topological polar surface area (TPSA) is 62.1 Å². The second kappa shape index (κ2) is 7.71. The molecule has 0 aromatic heterocycles. The zero-order valence-corrected chi connectivity index (χ0v) is 16.5. The van der Waals surface area contributed by atoms with Gasteiger partial charge in [-0.3, -0.25) is 4.79 Å². The molecule has 5 nitrogen and oxygen atoms in total. The number of carbonyl (C=O) groups is 1. The molecule has 0 saturated carbocycles. The monoisotopic (exact) mass is 424 g/mol. The number of halogens is 4. The van der Waals surface area contributed by atoms with Gasteiger partial charge in [0.05, 0.1) is 12.1 Å². The van der Waals surface area contributed by atoms with Crippen molar-refractivity contribution in [3.8, 4) is 5.75 Å². The summed E-state index contributed by atoms with van der Waals surface area (Å²) in [5, 5.41) is 14.0. The lowest BCUT2D eigenvalue weighted by Crippen LogP contribution is -2.57. The van der Waals surface area contributed by atoms with Crippen LogP contribution in [0.1, 0.15) is 28.7 Å². The maximum Gasteiger partial charge on any atom is 0.438 e. The van der Waals surface area contributed by atoms with Crippen LogP contribution in [0.15, 0.2) is 41.5 Å². The Balaban J connectivity index is 1.88.